The number of aromatic amines is 1. The van der Waals surface area contributed by atoms with Crippen LogP contribution in [0.15, 0.2) is 53.3 Å². The second kappa shape index (κ2) is 10.8. The van der Waals surface area contributed by atoms with Crippen LogP contribution in [0.3, 0.4) is 0 Å². The van der Waals surface area contributed by atoms with Crippen molar-refractivity contribution in [3.05, 3.63) is 74.8 Å². The Labute approximate surface area is 203 Å². The van der Waals surface area contributed by atoms with Gasteiger partial charge in [0.2, 0.25) is 5.91 Å². The summed E-state index contributed by atoms with van der Waals surface area (Å²) < 4.78 is 6.48. The van der Waals surface area contributed by atoms with Crippen molar-refractivity contribution in [1.29, 1.82) is 0 Å². The van der Waals surface area contributed by atoms with Crippen LogP contribution in [-0.2, 0) is 22.5 Å². The van der Waals surface area contributed by atoms with E-state index in [0.29, 0.717) is 41.8 Å². The molecule has 0 saturated carbocycles. The van der Waals surface area contributed by atoms with E-state index in [-0.39, 0.29) is 16.2 Å². The number of H-pyrrole nitrogens is 1. The summed E-state index contributed by atoms with van der Waals surface area (Å²) in [6.45, 7) is 1.93. The minimum atomic E-state index is -0.479. The lowest BCUT2D eigenvalue weighted by atomic mass is 9.90. The zero-order valence-corrected chi connectivity index (χ0v) is 20.1. The molecular weight excluding hydrogens is 450 g/mol. The molecule has 8 heteroatoms. The molecule has 0 unspecified atom stereocenters. The molecule has 0 atom stereocenters. The Morgan fingerprint density at radius 1 is 1.12 bits per heavy atom. The molecule has 0 bridgehead atoms. The number of hydrogen-bond acceptors (Lipinski definition) is 5. The first-order chi connectivity index (χ1) is 16.5. The molecule has 1 aliphatic rings. The second-order valence-corrected chi connectivity index (χ2v) is 9.14. The number of carbonyl (C=O) groups excluding carboxylic acids is 2. The molecule has 1 fully saturated rings. The summed E-state index contributed by atoms with van der Waals surface area (Å²) in [5.41, 5.74) is 1.95. The Kier molecular flexibility index (Phi) is 7.57. The smallest absolute Gasteiger partial charge is 0.337 e. The topological polar surface area (TPSA) is 84.4 Å². The Hall–Kier alpha value is -3.26. The van der Waals surface area contributed by atoms with Crippen LogP contribution in [-0.4, -0.2) is 46.5 Å². The van der Waals surface area contributed by atoms with E-state index in [4.69, 9.17) is 17.0 Å². The van der Waals surface area contributed by atoms with Crippen molar-refractivity contribution in [2.75, 3.05) is 20.2 Å². The molecule has 0 radical (unpaired) electrons. The standard InChI is InChI=1S/C26H29N3O4S/c1-33-25(32)20-9-10-21-22(17-20)27-26(34)29(24(21)31)13-5-8-23(30)28-14-11-19(12-15-28)16-18-6-3-2-4-7-18/h2-4,6-7,9-10,17,19H,5,8,11-16H2,1H3,(H,27,34). The Morgan fingerprint density at radius 3 is 2.56 bits per heavy atom. The summed E-state index contributed by atoms with van der Waals surface area (Å²) in [5, 5.41) is 0.438. The maximum absolute atomic E-state index is 12.9. The number of nitrogens with zero attached hydrogens (tertiary/aromatic N) is 2. The third kappa shape index (κ3) is 5.44. The molecule has 1 amide bonds. The Morgan fingerprint density at radius 2 is 1.85 bits per heavy atom. The van der Waals surface area contributed by atoms with Gasteiger partial charge in [0.05, 0.1) is 23.6 Å². The van der Waals surface area contributed by atoms with Gasteiger partial charge in [-0.2, -0.15) is 0 Å². The molecule has 34 heavy (non-hydrogen) atoms. The minimum Gasteiger partial charge on any atom is -0.465 e. The van der Waals surface area contributed by atoms with Crippen LogP contribution in [0.4, 0.5) is 0 Å². The molecular formula is C26H29N3O4S. The summed E-state index contributed by atoms with van der Waals surface area (Å²) in [4.78, 5) is 42.4. The zero-order chi connectivity index (χ0) is 24.1. The van der Waals surface area contributed by atoms with Gasteiger partial charge in [0.15, 0.2) is 4.77 Å². The number of aromatic nitrogens is 2. The fourth-order valence-electron chi connectivity index (χ4n) is 4.58. The Balaban J connectivity index is 1.32. The van der Waals surface area contributed by atoms with Gasteiger partial charge < -0.3 is 14.6 Å². The number of benzene rings is 2. The third-order valence-corrected chi connectivity index (χ3v) is 6.83. The minimum absolute atomic E-state index is 0.129. The number of methoxy groups -OCH3 is 1. The van der Waals surface area contributed by atoms with E-state index >= 15 is 0 Å². The van der Waals surface area contributed by atoms with Gasteiger partial charge in [-0.15, -0.1) is 0 Å². The molecule has 4 rings (SSSR count). The number of hydrogen-bond donors (Lipinski definition) is 1. The lowest BCUT2D eigenvalue weighted by molar-refractivity contribution is -0.132. The third-order valence-electron chi connectivity index (χ3n) is 6.51. The molecule has 1 aromatic heterocycles. The van der Waals surface area contributed by atoms with E-state index in [1.807, 2.05) is 11.0 Å². The van der Waals surface area contributed by atoms with Crippen molar-refractivity contribution in [3.8, 4) is 0 Å². The lowest BCUT2D eigenvalue weighted by Gasteiger charge is -2.32. The number of esters is 1. The largest absolute Gasteiger partial charge is 0.465 e. The lowest BCUT2D eigenvalue weighted by Crippen LogP contribution is -2.39. The fraction of sp³-hybridized carbons (Fsp3) is 0.385. The maximum atomic E-state index is 12.9. The fourth-order valence-corrected chi connectivity index (χ4v) is 4.87. The second-order valence-electron chi connectivity index (χ2n) is 8.76. The summed E-state index contributed by atoms with van der Waals surface area (Å²) in [5.74, 6) is 0.262. The molecule has 2 aromatic carbocycles. The van der Waals surface area contributed by atoms with Crippen LogP contribution < -0.4 is 5.56 Å². The molecule has 1 N–H and O–H groups in total. The first-order valence-electron chi connectivity index (χ1n) is 11.6. The molecule has 1 aliphatic heterocycles. The molecule has 0 spiro atoms. The van der Waals surface area contributed by atoms with Crippen molar-refractivity contribution in [2.45, 2.75) is 38.6 Å². The number of likely N-dealkylation sites (tertiary alicyclic amines) is 1. The van der Waals surface area contributed by atoms with E-state index in [0.717, 1.165) is 32.4 Å². The molecule has 3 aromatic rings. The number of ether oxygens (including phenoxy) is 1. The van der Waals surface area contributed by atoms with E-state index in [1.165, 1.54) is 17.2 Å². The van der Waals surface area contributed by atoms with Gasteiger partial charge in [-0.05, 0) is 67.6 Å². The highest BCUT2D eigenvalue weighted by Gasteiger charge is 2.22. The van der Waals surface area contributed by atoms with Gasteiger partial charge in [-0.3, -0.25) is 14.2 Å². The van der Waals surface area contributed by atoms with Crippen LogP contribution in [0.25, 0.3) is 10.9 Å². The van der Waals surface area contributed by atoms with E-state index in [2.05, 4.69) is 29.2 Å². The number of nitrogens with one attached hydrogen (secondary N) is 1. The maximum Gasteiger partial charge on any atom is 0.337 e. The summed E-state index contributed by atoms with van der Waals surface area (Å²) >= 11 is 5.37. The predicted molar refractivity (Wildman–Crippen MR) is 133 cm³/mol. The van der Waals surface area contributed by atoms with Gasteiger partial charge in [-0.1, -0.05) is 30.3 Å². The van der Waals surface area contributed by atoms with Gasteiger partial charge in [0.1, 0.15) is 0 Å². The number of rotatable bonds is 7. The van der Waals surface area contributed by atoms with E-state index in [1.54, 1.807) is 18.2 Å². The average molecular weight is 480 g/mol. The van der Waals surface area contributed by atoms with Crippen molar-refractivity contribution < 1.29 is 14.3 Å². The van der Waals surface area contributed by atoms with Gasteiger partial charge >= 0.3 is 5.97 Å². The average Bonchev–Trinajstić information content (AvgIpc) is 2.86. The number of carbonyl (C=O) groups is 2. The predicted octanol–water partition coefficient (Wildman–Crippen LogP) is 4.11. The van der Waals surface area contributed by atoms with Crippen molar-refractivity contribution in [2.24, 2.45) is 5.92 Å². The molecule has 178 valence electrons. The van der Waals surface area contributed by atoms with Crippen LogP contribution in [0.2, 0.25) is 0 Å². The quantitative estimate of drug-likeness (QED) is 0.407. The van der Waals surface area contributed by atoms with Crippen LogP contribution in [0.5, 0.6) is 0 Å². The summed E-state index contributed by atoms with van der Waals surface area (Å²) in [7, 11) is 1.31. The van der Waals surface area contributed by atoms with Crippen LogP contribution >= 0.6 is 12.2 Å². The van der Waals surface area contributed by atoms with Gasteiger partial charge in [0.25, 0.3) is 5.56 Å². The zero-order valence-electron chi connectivity index (χ0n) is 19.3. The van der Waals surface area contributed by atoms with Gasteiger partial charge in [-0.25, -0.2) is 4.79 Å². The highest BCUT2D eigenvalue weighted by Crippen LogP contribution is 2.22. The normalized spacial score (nSPS) is 14.3. The van der Waals surface area contributed by atoms with E-state index in [9.17, 15) is 14.4 Å². The molecule has 0 aliphatic carbocycles. The highest BCUT2D eigenvalue weighted by molar-refractivity contribution is 7.71. The molecule has 1 saturated heterocycles. The van der Waals surface area contributed by atoms with Crippen LogP contribution in [0.1, 0.15) is 41.6 Å². The number of amides is 1. The number of piperidine rings is 1. The van der Waals surface area contributed by atoms with Crippen molar-refractivity contribution in [1.82, 2.24) is 14.5 Å². The van der Waals surface area contributed by atoms with Crippen molar-refractivity contribution >= 4 is 35.0 Å². The first kappa shape index (κ1) is 23.9. The summed E-state index contributed by atoms with van der Waals surface area (Å²) in [6.07, 6.45) is 4.01. The Bertz CT molecular complexity index is 1290. The first-order valence-corrected chi connectivity index (χ1v) is 12.0. The molecule has 7 nitrogen and oxygen atoms in total. The van der Waals surface area contributed by atoms with Crippen molar-refractivity contribution in [3.63, 3.8) is 0 Å². The molecule has 2 heterocycles. The van der Waals surface area contributed by atoms with E-state index < -0.39 is 5.97 Å². The monoisotopic (exact) mass is 479 g/mol. The van der Waals surface area contributed by atoms with Crippen LogP contribution in [0, 0.1) is 10.7 Å². The number of fused-ring (bicyclic) bond motifs is 1. The summed E-state index contributed by atoms with van der Waals surface area (Å²) in [6, 6.07) is 15.2. The highest BCUT2D eigenvalue weighted by atomic mass is 32.1. The van der Waals surface area contributed by atoms with Gasteiger partial charge in [0, 0.05) is 26.1 Å². The SMILES string of the molecule is COC(=O)c1ccc2c(=O)n(CCCC(=O)N3CCC(Cc4ccccc4)CC3)c(=S)[nH]c2c1.